The minimum Gasteiger partial charge on any atom is -0.481 e. The lowest BCUT2D eigenvalue weighted by Crippen LogP contribution is -2.30. The maximum atomic E-state index is 11.9. The standard InChI is InChI=1S/C15H18N2O4/c1-8(2)16-13(18)9-4-3-5-10(6-9)17-14(19)11-7-12(11)15(20)21/h3-6,8,11-12H,7H2,1-2H3,(H,16,18)(H,17,19)(H,20,21)/t11-,12+/m1/s1. The van der Waals surface area contributed by atoms with Gasteiger partial charge in [0.05, 0.1) is 11.8 Å². The molecule has 0 spiro atoms. The van der Waals surface area contributed by atoms with Gasteiger partial charge < -0.3 is 15.7 Å². The van der Waals surface area contributed by atoms with Gasteiger partial charge in [0.2, 0.25) is 5.91 Å². The van der Waals surface area contributed by atoms with Crippen molar-refractivity contribution < 1.29 is 19.5 Å². The summed E-state index contributed by atoms with van der Waals surface area (Å²) in [5.74, 6) is -2.53. The highest BCUT2D eigenvalue weighted by molar-refractivity contribution is 6.00. The van der Waals surface area contributed by atoms with E-state index in [-0.39, 0.29) is 17.9 Å². The molecule has 1 fully saturated rings. The molecule has 2 amide bonds. The number of hydrogen-bond acceptors (Lipinski definition) is 3. The van der Waals surface area contributed by atoms with Crippen LogP contribution in [0.5, 0.6) is 0 Å². The lowest BCUT2D eigenvalue weighted by molar-refractivity contribution is -0.139. The van der Waals surface area contributed by atoms with Crippen LogP contribution in [0.2, 0.25) is 0 Å². The van der Waals surface area contributed by atoms with E-state index in [1.807, 2.05) is 13.8 Å². The lowest BCUT2D eigenvalue weighted by Gasteiger charge is -2.10. The van der Waals surface area contributed by atoms with E-state index >= 15 is 0 Å². The molecule has 2 rings (SSSR count). The molecule has 0 bridgehead atoms. The van der Waals surface area contributed by atoms with E-state index in [2.05, 4.69) is 10.6 Å². The third-order valence-electron chi connectivity index (χ3n) is 3.26. The van der Waals surface area contributed by atoms with Crippen molar-refractivity contribution in [1.29, 1.82) is 0 Å². The second-order valence-electron chi connectivity index (χ2n) is 5.49. The summed E-state index contributed by atoms with van der Waals surface area (Å²) in [5.41, 5.74) is 0.944. The quantitative estimate of drug-likeness (QED) is 0.765. The summed E-state index contributed by atoms with van der Waals surface area (Å²) in [7, 11) is 0. The second-order valence-corrected chi connectivity index (χ2v) is 5.49. The van der Waals surface area contributed by atoms with Crippen molar-refractivity contribution in [3.63, 3.8) is 0 Å². The maximum Gasteiger partial charge on any atom is 0.307 e. The molecule has 6 nitrogen and oxygen atoms in total. The van der Waals surface area contributed by atoms with Crippen molar-refractivity contribution in [3.8, 4) is 0 Å². The molecule has 0 unspecified atom stereocenters. The van der Waals surface area contributed by atoms with Gasteiger partial charge in [-0.2, -0.15) is 0 Å². The summed E-state index contributed by atoms with van der Waals surface area (Å²) in [5, 5.41) is 14.2. The van der Waals surface area contributed by atoms with Crippen LogP contribution < -0.4 is 10.6 Å². The zero-order chi connectivity index (χ0) is 15.6. The van der Waals surface area contributed by atoms with Gasteiger partial charge in [0.1, 0.15) is 0 Å². The molecule has 1 aromatic rings. The Labute approximate surface area is 122 Å². The SMILES string of the molecule is CC(C)NC(=O)c1cccc(NC(=O)[C@@H]2C[C@@H]2C(=O)O)c1. The van der Waals surface area contributed by atoms with Crippen LogP contribution in [0.3, 0.4) is 0 Å². The van der Waals surface area contributed by atoms with Crippen LogP contribution in [0.15, 0.2) is 24.3 Å². The molecule has 1 aromatic carbocycles. The molecule has 21 heavy (non-hydrogen) atoms. The molecule has 3 N–H and O–H groups in total. The first kappa shape index (κ1) is 15.0. The van der Waals surface area contributed by atoms with Gasteiger partial charge in [-0.1, -0.05) is 6.07 Å². The summed E-state index contributed by atoms with van der Waals surface area (Å²) in [4.78, 5) is 34.5. The average Bonchev–Trinajstić information content (AvgIpc) is 3.18. The number of carbonyl (C=O) groups is 3. The molecule has 0 heterocycles. The molecule has 0 radical (unpaired) electrons. The van der Waals surface area contributed by atoms with Crippen molar-refractivity contribution in [3.05, 3.63) is 29.8 Å². The molecule has 1 aliphatic carbocycles. The third-order valence-corrected chi connectivity index (χ3v) is 3.26. The Morgan fingerprint density at radius 2 is 1.95 bits per heavy atom. The molecule has 0 saturated heterocycles. The van der Waals surface area contributed by atoms with Gasteiger partial charge in [0, 0.05) is 17.3 Å². The van der Waals surface area contributed by atoms with E-state index < -0.39 is 17.8 Å². The van der Waals surface area contributed by atoms with E-state index in [0.717, 1.165) is 0 Å². The molecule has 0 aromatic heterocycles. The maximum absolute atomic E-state index is 11.9. The van der Waals surface area contributed by atoms with E-state index in [1.54, 1.807) is 24.3 Å². The zero-order valence-electron chi connectivity index (χ0n) is 11.9. The zero-order valence-corrected chi connectivity index (χ0v) is 11.9. The highest BCUT2D eigenvalue weighted by Gasteiger charge is 2.48. The van der Waals surface area contributed by atoms with Crippen LogP contribution >= 0.6 is 0 Å². The number of amides is 2. The fourth-order valence-corrected chi connectivity index (χ4v) is 2.08. The molecular weight excluding hydrogens is 272 g/mol. The smallest absolute Gasteiger partial charge is 0.307 e. The normalized spacial score (nSPS) is 20.0. The number of anilines is 1. The summed E-state index contributed by atoms with van der Waals surface area (Å²) in [6, 6.07) is 6.60. The predicted octanol–water partition coefficient (Wildman–Crippen LogP) is 1.48. The Bertz CT molecular complexity index is 583. The van der Waals surface area contributed by atoms with Crippen LogP contribution in [-0.4, -0.2) is 28.9 Å². The largest absolute Gasteiger partial charge is 0.481 e. The molecule has 1 saturated carbocycles. The first-order chi connectivity index (χ1) is 9.88. The average molecular weight is 290 g/mol. The van der Waals surface area contributed by atoms with Gasteiger partial charge in [-0.05, 0) is 38.5 Å². The summed E-state index contributed by atoms with van der Waals surface area (Å²) < 4.78 is 0. The van der Waals surface area contributed by atoms with E-state index in [1.165, 1.54) is 0 Å². The van der Waals surface area contributed by atoms with Crippen molar-refractivity contribution in [1.82, 2.24) is 5.32 Å². The van der Waals surface area contributed by atoms with Gasteiger partial charge in [0.25, 0.3) is 5.91 Å². The fraction of sp³-hybridized carbons (Fsp3) is 0.400. The lowest BCUT2D eigenvalue weighted by atomic mass is 10.1. The van der Waals surface area contributed by atoms with Gasteiger partial charge in [-0.15, -0.1) is 0 Å². The van der Waals surface area contributed by atoms with E-state index in [9.17, 15) is 14.4 Å². The number of nitrogens with one attached hydrogen (secondary N) is 2. The summed E-state index contributed by atoms with van der Waals surface area (Å²) in [6.07, 6.45) is 0.370. The highest BCUT2D eigenvalue weighted by atomic mass is 16.4. The molecule has 0 aliphatic heterocycles. The number of rotatable bonds is 5. The van der Waals surface area contributed by atoms with Crippen molar-refractivity contribution in [2.75, 3.05) is 5.32 Å². The van der Waals surface area contributed by atoms with E-state index in [0.29, 0.717) is 17.7 Å². The topological polar surface area (TPSA) is 95.5 Å². The molecule has 2 atom stereocenters. The van der Waals surface area contributed by atoms with Crippen LogP contribution in [0.1, 0.15) is 30.6 Å². The minimum atomic E-state index is -0.944. The molecular formula is C15H18N2O4. The van der Waals surface area contributed by atoms with Crippen molar-refractivity contribution in [2.45, 2.75) is 26.3 Å². The monoisotopic (exact) mass is 290 g/mol. The molecule has 6 heteroatoms. The molecule has 1 aliphatic rings. The Balaban J connectivity index is 2.00. The number of hydrogen-bond donors (Lipinski definition) is 3. The highest BCUT2D eigenvalue weighted by Crippen LogP contribution is 2.39. The summed E-state index contributed by atoms with van der Waals surface area (Å²) in [6.45, 7) is 3.73. The Kier molecular flexibility index (Phi) is 4.26. The molecule has 112 valence electrons. The fourth-order valence-electron chi connectivity index (χ4n) is 2.08. The minimum absolute atomic E-state index is 0.0264. The predicted molar refractivity (Wildman–Crippen MR) is 76.9 cm³/mol. The number of aliphatic carboxylic acids is 1. The first-order valence-electron chi connectivity index (χ1n) is 6.83. The van der Waals surface area contributed by atoms with Crippen molar-refractivity contribution in [2.24, 2.45) is 11.8 Å². The Morgan fingerprint density at radius 3 is 2.52 bits per heavy atom. The van der Waals surface area contributed by atoms with Crippen molar-refractivity contribution >= 4 is 23.5 Å². The van der Waals surface area contributed by atoms with Gasteiger partial charge in [-0.3, -0.25) is 14.4 Å². The van der Waals surface area contributed by atoms with Crippen LogP contribution in [0, 0.1) is 11.8 Å². The Morgan fingerprint density at radius 1 is 1.24 bits per heavy atom. The second kappa shape index (κ2) is 5.95. The first-order valence-corrected chi connectivity index (χ1v) is 6.83. The third kappa shape index (κ3) is 3.81. The van der Waals surface area contributed by atoms with Crippen LogP contribution in [0.4, 0.5) is 5.69 Å². The van der Waals surface area contributed by atoms with Gasteiger partial charge in [-0.25, -0.2) is 0 Å². The van der Waals surface area contributed by atoms with Crippen LogP contribution in [0.25, 0.3) is 0 Å². The van der Waals surface area contributed by atoms with E-state index in [4.69, 9.17) is 5.11 Å². The Hall–Kier alpha value is -2.37. The van der Waals surface area contributed by atoms with Gasteiger partial charge in [0.15, 0.2) is 0 Å². The number of benzene rings is 1. The number of carbonyl (C=O) groups excluding carboxylic acids is 2. The van der Waals surface area contributed by atoms with Crippen LogP contribution in [-0.2, 0) is 9.59 Å². The van der Waals surface area contributed by atoms with Gasteiger partial charge >= 0.3 is 5.97 Å². The summed E-state index contributed by atoms with van der Waals surface area (Å²) >= 11 is 0. The number of carboxylic acid groups (broad SMARTS) is 1. The number of carboxylic acids is 1.